The fourth-order valence-electron chi connectivity index (χ4n) is 3.45. The number of rotatable bonds is 7. The second kappa shape index (κ2) is 10.5. The lowest BCUT2D eigenvalue weighted by molar-refractivity contribution is 0.111. The zero-order chi connectivity index (χ0) is 21.5. The third kappa shape index (κ3) is 6.08. The number of thioether (sulfide) groups is 1. The molecule has 1 aliphatic rings. The van der Waals surface area contributed by atoms with Crippen LogP contribution in [0.4, 0.5) is 4.79 Å². The molecule has 2 aromatic heterocycles. The molecule has 7 nitrogen and oxygen atoms in total. The van der Waals surface area contributed by atoms with E-state index in [0.29, 0.717) is 18.8 Å². The van der Waals surface area contributed by atoms with Crippen LogP contribution in [0.3, 0.4) is 0 Å². The van der Waals surface area contributed by atoms with Crippen molar-refractivity contribution in [3.63, 3.8) is 0 Å². The SMILES string of the molecule is Cn1ccnc1SCc1ccc(OC(=O)N2CCN(CCc3cccnc3)CC2)cc1. The summed E-state index contributed by atoms with van der Waals surface area (Å²) in [6.07, 6.45) is 8.14. The molecule has 0 unspecified atom stereocenters. The first-order valence-electron chi connectivity index (χ1n) is 10.4. The highest BCUT2D eigenvalue weighted by molar-refractivity contribution is 7.98. The van der Waals surface area contributed by atoms with Crippen LogP contribution in [0.15, 0.2) is 66.3 Å². The van der Waals surface area contributed by atoms with E-state index in [0.717, 1.165) is 42.5 Å². The van der Waals surface area contributed by atoms with E-state index in [1.54, 1.807) is 29.1 Å². The standard InChI is InChI=1S/C23H27N5O2S/c1-26-12-10-25-22(26)31-18-20-4-6-21(7-5-20)30-23(29)28-15-13-27(14-16-28)11-8-19-3-2-9-24-17-19/h2-7,9-10,12,17H,8,11,13-16,18H2,1H3. The molecular formula is C23H27N5O2S. The number of nitrogens with zero attached hydrogens (tertiary/aromatic N) is 5. The minimum atomic E-state index is -0.276. The lowest BCUT2D eigenvalue weighted by Crippen LogP contribution is -2.49. The lowest BCUT2D eigenvalue weighted by Gasteiger charge is -2.34. The summed E-state index contributed by atoms with van der Waals surface area (Å²) in [4.78, 5) is 25.2. The monoisotopic (exact) mass is 437 g/mol. The first-order valence-corrected chi connectivity index (χ1v) is 11.4. The highest BCUT2D eigenvalue weighted by Gasteiger charge is 2.22. The number of aryl methyl sites for hydroxylation is 1. The highest BCUT2D eigenvalue weighted by atomic mass is 32.2. The second-order valence-corrected chi connectivity index (χ2v) is 8.50. The molecule has 0 spiro atoms. The average molecular weight is 438 g/mol. The Bertz CT molecular complexity index is 969. The molecule has 0 N–H and O–H groups in total. The van der Waals surface area contributed by atoms with Gasteiger partial charge < -0.3 is 14.2 Å². The van der Waals surface area contributed by atoms with Crippen LogP contribution < -0.4 is 4.74 Å². The van der Waals surface area contributed by atoms with Gasteiger partial charge in [0.25, 0.3) is 0 Å². The molecule has 8 heteroatoms. The van der Waals surface area contributed by atoms with Crippen LogP contribution >= 0.6 is 11.8 Å². The normalized spacial score (nSPS) is 14.5. The molecule has 1 amide bonds. The van der Waals surface area contributed by atoms with Gasteiger partial charge in [0.1, 0.15) is 5.75 Å². The number of carbonyl (C=O) groups is 1. The van der Waals surface area contributed by atoms with E-state index < -0.39 is 0 Å². The summed E-state index contributed by atoms with van der Waals surface area (Å²) in [5, 5.41) is 0.982. The van der Waals surface area contributed by atoms with Gasteiger partial charge in [-0.15, -0.1) is 0 Å². The van der Waals surface area contributed by atoms with Gasteiger partial charge in [0.05, 0.1) is 0 Å². The maximum absolute atomic E-state index is 12.5. The second-order valence-electron chi connectivity index (χ2n) is 7.56. The third-order valence-corrected chi connectivity index (χ3v) is 6.47. The van der Waals surface area contributed by atoms with Crippen LogP contribution in [-0.4, -0.2) is 63.2 Å². The zero-order valence-electron chi connectivity index (χ0n) is 17.7. The number of aromatic nitrogens is 3. The predicted molar refractivity (Wildman–Crippen MR) is 121 cm³/mol. The van der Waals surface area contributed by atoms with E-state index >= 15 is 0 Å². The zero-order valence-corrected chi connectivity index (χ0v) is 18.5. The van der Waals surface area contributed by atoms with E-state index in [1.807, 2.05) is 54.3 Å². The van der Waals surface area contributed by atoms with Crippen molar-refractivity contribution in [3.05, 3.63) is 72.3 Å². The first kappa shape index (κ1) is 21.4. The van der Waals surface area contributed by atoms with Gasteiger partial charge in [-0.05, 0) is 35.7 Å². The van der Waals surface area contributed by atoms with E-state index in [1.165, 1.54) is 5.56 Å². The minimum Gasteiger partial charge on any atom is -0.410 e. The summed E-state index contributed by atoms with van der Waals surface area (Å²) in [5.74, 6) is 1.40. The number of pyridine rings is 1. The molecule has 1 aliphatic heterocycles. The number of benzene rings is 1. The van der Waals surface area contributed by atoms with Gasteiger partial charge in [0.15, 0.2) is 5.16 Å². The summed E-state index contributed by atoms with van der Waals surface area (Å²) < 4.78 is 7.58. The Morgan fingerprint density at radius 3 is 2.55 bits per heavy atom. The van der Waals surface area contributed by atoms with Gasteiger partial charge in [-0.25, -0.2) is 9.78 Å². The minimum absolute atomic E-state index is 0.276. The van der Waals surface area contributed by atoms with E-state index in [2.05, 4.69) is 20.9 Å². The maximum Gasteiger partial charge on any atom is 0.415 e. The fourth-order valence-corrected chi connectivity index (χ4v) is 4.33. The molecule has 0 radical (unpaired) electrons. The summed E-state index contributed by atoms with van der Waals surface area (Å²) in [7, 11) is 1.98. The summed E-state index contributed by atoms with van der Waals surface area (Å²) >= 11 is 1.68. The highest BCUT2D eigenvalue weighted by Crippen LogP contribution is 2.22. The number of hydrogen-bond donors (Lipinski definition) is 0. The number of carbonyl (C=O) groups excluding carboxylic acids is 1. The Morgan fingerprint density at radius 1 is 1.06 bits per heavy atom. The van der Waals surface area contributed by atoms with Gasteiger partial charge in [-0.3, -0.25) is 9.88 Å². The average Bonchev–Trinajstić information content (AvgIpc) is 3.23. The van der Waals surface area contributed by atoms with Crippen molar-refractivity contribution in [3.8, 4) is 5.75 Å². The van der Waals surface area contributed by atoms with Crippen LogP contribution in [0, 0.1) is 0 Å². The Hall–Kier alpha value is -2.84. The van der Waals surface area contributed by atoms with Crippen LogP contribution in [0.25, 0.3) is 0 Å². The molecule has 4 rings (SSSR count). The molecule has 3 aromatic rings. The van der Waals surface area contributed by atoms with Crippen molar-refractivity contribution in [1.29, 1.82) is 0 Å². The Balaban J connectivity index is 1.19. The van der Waals surface area contributed by atoms with Crippen molar-refractivity contribution in [2.24, 2.45) is 7.05 Å². The smallest absolute Gasteiger partial charge is 0.410 e. The van der Waals surface area contributed by atoms with Gasteiger partial charge in [-0.2, -0.15) is 0 Å². The van der Waals surface area contributed by atoms with Gasteiger partial charge in [0.2, 0.25) is 0 Å². The number of imidazole rings is 1. The van der Waals surface area contributed by atoms with Crippen molar-refractivity contribution in [2.45, 2.75) is 17.3 Å². The van der Waals surface area contributed by atoms with Gasteiger partial charge in [0, 0.05) is 70.3 Å². The molecule has 0 saturated carbocycles. The molecule has 0 aliphatic carbocycles. The quantitative estimate of drug-likeness (QED) is 0.528. The van der Waals surface area contributed by atoms with E-state index in [4.69, 9.17) is 4.74 Å². The van der Waals surface area contributed by atoms with Crippen molar-refractivity contribution < 1.29 is 9.53 Å². The van der Waals surface area contributed by atoms with Gasteiger partial charge in [-0.1, -0.05) is 30.0 Å². The number of amides is 1. The number of piperazine rings is 1. The predicted octanol–water partition coefficient (Wildman–Crippen LogP) is 3.47. The van der Waals surface area contributed by atoms with Crippen LogP contribution in [-0.2, 0) is 19.2 Å². The number of ether oxygens (including phenoxy) is 1. The molecule has 1 fully saturated rings. The Labute approximate surface area is 187 Å². The van der Waals surface area contributed by atoms with Gasteiger partial charge >= 0.3 is 6.09 Å². The molecule has 1 saturated heterocycles. The van der Waals surface area contributed by atoms with Crippen LogP contribution in [0.2, 0.25) is 0 Å². The topological polar surface area (TPSA) is 63.5 Å². The molecule has 0 bridgehead atoms. The Morgan fingerprint density at radius 2 is 1.87 bits per heavy atom. The van der Waals surface area contributed by atoms with Crippen molar-refractivity contribution in [1.82, 2.24) is 24.3 Å². The van der Waals surface area contributed by atoms with Crippen molar-refractivity contribution >= 4 is 17.9 Å². The van der Waals surface area contributed by atoms with E-state index in [-0.39, 0.29) is 6.09 Å². The summed E-state index contributed by atoms with van der Waals surface area (Å²) in [5.41, 5.74) is 2.40. The van der Waals surface area contributed by atoms with Crippen molar-refractivity contribution in [2.75, 3.05) is 32.7 Å². The lowest BCUT2D eigenvalue weighted by atomic mass is 10.2. The maximum atomic E-state index is 12.5. The number of hydrogen-bond acceptors (Lipinski definition) is 6. The fraction of sp³-hybridized carbons (Fsp3) is 0.348. The molecule has 0 atom stereocenters. The van der Waals surface area contributed by atoms with Crippen LogP contribution in [0.1, 0.15) is 11.1 Å². The van der Waals surface area contributed by atoms with Crippen LogP contribution in [0.5, 0.6) is 5.75 Å². The molecule has 1 aromatic carbocycles. The largest absolute Gasteiger partial charge is 0.415 e. The Kier molecular flexibility index (Phi) is 7.22. The molecule has 162 valence electrons. The third-order valence-electron chi connectivity index (χ3n) is 5.34. The molecular weight excluding hydrogens is 410 g/mol. The summed E-state index contributed by atoms with van der Waals surface area (Å²) in [6, 6.07) is 11.8. The van der Waals surface area contributed by atoms with E-state index in [9.17, 15) is 4.79 Å². The molecule has 3 heterocycles. The molecule has 31 heavy (non-hydrogen) atoms. The summed E-state index contributed by atoms with van der Waals surface area (Å²) in [6.45, 7) is 4.07. The first-order chi connectivity index (χ1) is 15.2.